The van der Waals surface area contributed by atoms with Gasteiger partial charge in [-0.3, -0.25) is 4.79 Å². The van der Waals surface area contributed by atoms with Crippen LogP contribution in [0.15, 0.2) is 12.1 Å². The summed E-state index contributed by atoms with van der Waals surface area (Å²) < 4.78 is 0. The van der Waals surface area contributed by atoms with E-state index in [0.717, 1.165) is 11.4 Å². The maximum Gasteiger partial charge on any atom is 0.261 e. The highest BCUT2D eigenvalue weighted by Gasteiger charge is 2.09. The maximum absolute atomic E-state index is 11.7. The minimum atomic E-state index is 0.0708. The van der Waals surface area contributed by atoms with Gasteiger partial charge in [0, 0.05) is 11.4 Å². The molecule has 0 saturated carbocycles. The van der Waals surface area contributed by atoms with Gasteiger partial charge in [-0.1, -0.05) is 26.7 Å². The third-order valence-electron chi connectivity index (χ3n) is 2.63. The van der Waals surface area contributed by atoms with Crippen molar-refractivity contribution in [3.05, 3.63) is 21.9 Å². The van der Waals surface area contributed by atoms with Gasteiger partial charge in [-0.2, -0.15) is 0 Å². The van der Waals surface area contributed by atoms with Crippen molar-refractivity contribution in [3.8, 4) is 0 Å². The number of nitrogens with one attached hydrogen (secondary N) is 1. The number of thiophene rings is 1. The first-order valence-corrected chi connectivity index (χ1v) is 6.79. The Hall–Kier alpha value is -0.830. The molecule has 90 valence electrons. The zero-order valence-corrected chi connectivity index (χ0v) is 11.2. The fraction of sp³-hybridized carbons (Fsp3) is 0.615. The van der Waals surface area contributed by atoms with E-state index in [1.54, 1.807) is 11.3 Å². The van der Waals surface area contributed by atoms with E-state index in [-0.39, 0.29) is 5.91 Å². The summed E-state index contributed by atoms with van der Waals surface area (Å²) in [5.41, 5.74) is 0. The number of hydrogen-bond acceptors (Lipinski definition) is 2. The molecule has 1 heterocycles. The molecule has 1 unspecified atom stereocenters. The molecule has 3 heteroatoms. The SMILES string of the molecule is CCCCC(C)CNC(=O)c1ccc(C)s1. The van der Waals surface area contributed by atoms with E-state index in [0.29, 0.717) is 5.92 Å². The molecule has 1 rings (SSSR count). The highest BCUT2D eigenvalue weighted by atomic mass is 32.1. The number of carbonyl (C=O) groups excluding carboxylic acids is 1. The van der Waals surface area contributed by atoms with Gasteiger partial charge in [-0.15, -0.1) is 11.3 Å². The largest absolute Gasteiger partial charge is 0.351 e. The Balaban J connectivity index is 2.30. The Bertz CT molecular complexity index is 332. The number of rotatable bonds is 6. The van der Waals surface area contributed by atoms with E-state index in [1.165, 1.54) is 24.1 Å². The summed E-state index contributed by atoms with van der Waals surface area (Å²) in [6.45, 7) is 7.19. The monoisotopic (exact) mass is 239 g/mol. The van der Waals surface area contributed by atoms with Gasteiger partial charge in [0.05, 0.1) is 4.88 Å². The van der Waals surface area contributed by atoms with Crippen molar-refractivity contribution in [1.29, 1.82) is 0 Å². The molecule has 1 amide bonds. The van der Waals surface area contributed by atoms with Crippen molar-refractivity contribution in [2.45, 2.75) is 40.0 Å². The van der Waals surface area contributed by atoms with Gasteiger partial charge in [0.2, 0.25) is 0 Å². The van der Waals surface area contributed by atoms with Crippen LogP contribution in [0.1, 0.15) is 47.7 Å². The minimum Gasteiger partial charge on any atom is -0.351 e. The molecule has 0 aliphatic carbocycles. The van der Waals surface area contributed by atoms with Crippen molar-refractivity contribution in [2.24, 2.45) is 5.92 Å². The van der Waals surface area contributed by atoms with Gasteiger partial charge in [0.25, 0.3) is 5.91 Å². The summed E-state index contributed by atoms with van der Waals surface area (Å²) in [4.78, 5) is 13.7. The van der Waals surface area contributed by atoms with Gasteiger partial charge in [-0.25, -0.2) is 0 Å². The molecule has 0 bridgehead atoms. The first kappa shape index (κ1) is 13.2. The lowest BCUT2D eigenvalue weighted by Gasteiger charge is -2.11. The van der Waals surface area contributed by atoms with Crippen LogP contribution in [-0.4, -0.2) is 12.5 Å². The Morgan fingerprint density at radius 1 is 1.50 bits per heavy atom. The lowest BCUT2D eigenvalue weighted by molar-refractivity contribution is 0.0951. The normalized spacial score (nSPS) is 12.4. The summed E-state index contributed by atoms with van der Waals surface area (Å²) in [7, 11) is 0. The predicted octanol–water partition coefficient (Wildman–Crippen LogP) is 3.61. The fourth-order valence-corrected chi connectivity index (χ4v) is 2.35. The number of hydrogen-bond donors (Lipinski definition) is 1. The Morgan fingerprint density at radius 3 is 2.81 bits per heavy atom. The van der Waals surface area contributed by atoms with Crippen molar-refractivity contribution in [3.63, 3.8) is 0 Å². The lowest BCUT2D eigenvalue weighted by atomic mass is 10.0. The van der Waals surface area contributed by atoms with E-state index in [2.05, 4.69) is 19.2 Å². The molecule has 0 fully saturated rings. The molecule has 16 heavy (non-hydrogen) atoms. The molecule has 0 spiro atoms. The van der Waals surface area contributed by atoms with Crippen molar-refractivity contribution in [2.75, 3.05) is 6.54 Å². The standard InChI is InChI=1S/C13H21NOS/c1-4-5-6-10(2)9-14-13(15)12-8-7-11(3)16-12/h7-8,10H,4-6,9H2,1-3H3,(H,14,15). The maximum atomic E-state index is 11.7. The third-order valence-corrected chi connectivity index (χ3v) is 3.63. The van der Waals surface area contributed by atoms with Crippen LogP contribution >= 0.6 is 11.3 Å². The molecule has 0 aliphatic heterocycles. The second-order valence-corrected chi connectivity index (χ2v) is 5.66. The molecule has 1 atom stereocenters. The molecule has 0 aliphatic rings. The fourth-order valence-electron chi connectivity index (χ4n) is 1.57. The smallest absolute Gasteiger partial charge is 0.261 e. The van der Waals surface area contributed by atoms with Crippen LogP contribution in [-0.2, 0) is 0 Å². The van der Waals surface area contributed by atoms with Gasteiger partial charge < -0.3 is 5.32 Å². The second kappa shape index (κ2) is 6.69. The average molecular weight is 239 g/mol. The van der Waals surface area contributed by atoms with E-state index in [1.807, 2.05) is 19.1 Å². The van der Waals surface area contributed by atoms with Crippen molar-refractivity contribution in [1.82, 2.24) is 5.32 Å². The summed E-state index contributed by atoms with van der Waals surface area (Å²) in [5, 5.41) is 2.99. The molecular weight excluding hydrogens is 218 g/mol. The Morgan fingerprint density at radius 2 is 2.25 bits per heavy atom. The highest BCUT2D eigenvalue weighted by molar-refractivity contribution is 7.13. The van der Waals surface area contributed by atoms with Crippen LogP contribution in [0.25, 0.3) is 0 Å². The predicted molar refractivity (Wildman–Crippen MR) is 70.1 cm³/mol. The third kappa shape index (κ3) is 4.35. The van der Waals surface area contributed by atoms with E-state index < -0.39 is 0 Å². The molecule has 1 aromatic heterocycles. The topological polar surface area (TPSA) is 29.1 Å². The first-order valence-electron chi connectivity index (χ1n) is 5.98. The molecule has 2 nitrogen and oxygen atoms in total. The highest BCUT2D eigenvalue weighted by Crippen LogP contribution is 2.15. The van der Waals surface area contributed by atoms with Crippen LogP contribution in [0.2, 0.25) is 0 Å². The summed E-state index contributed by atoms with van der Waals surface area (Å²) in [6.07, 6.45) is 3.66. The van der Waals surface area contributed by atoms with Crippen LogP contribution in [0, 0.1) is 12.8 Å². The number of unbranched alkanes of at least 4 members (excludes halogenated alkanes) is 1. The summed E-state index contributed by atoms with van der Waals surface area (Å²) in [6, 6.07) is 3.88. The second-order valence-electron chi connectivity index (χ2n) is 4.37. The van der Waals surface area contributed by atoms with Crippen LogP contribution in [0.4, 0.5) is 0 Å². The Kier molecular flexibility index (Phi) is 5.53. The van der Waals surface area contributed by atoms with Gasteiger partial charge >= 0.3 is 0 Å². The first-order chi connectivity index (χ1) is 7.63. The molecule has 0 aromatic carbocycles. The number of aryl methyl sites for hydroxylation is 1. The van der Waals surface area contributed by atoms with Gasteiger partial charge in [-0.05, 0) is 31.4 Å². The van der Waals surface area contributed by atoms with Crippen LogP contribution in [0.5, 0.6) is 0 Å². The van der Waals surface area contributed by atoms with E-state index in [9.17, 15) is 4.79 Å². The zero-order valence-electron chi connectivity index (χ0n) is 10.4. The number of amides is 1. The molecular formula is C13H21NOS. The lowest BCUT2D eigenvalue weighted by Crippen LogP contribution is -2.27. The van der Waals surface area contributed by atoms with E-state index in [4.69, 9.17) is 0 Å². The molecule has 0 saturated heterocycles. The van der Waals surface area contributed by atoms with Crippen molar-refractivity contribution >= 4 is 17.2 Å². The molecule has 0 radical (unpaired) electrons. The van der Waals surface area contributed by atoms with Gasteiger partial charge in [0.1, 0.15) is 0 Å². The number of carbonyl (C=O) groups is 1. The van der Waals surface area contributed by atoms with Crippen molar-refractivity contribution < 1.29 is 4.79 Å². The quantitative estimate of drug-likeness (QED) is 0.807. The van der Waals surface area contributed by atoms with Crippen LogP contribution < -0.4 is 5.32 Å². The summed E-state index contributed by atoms with van der Waals surface area (Å²) in [5.74, 6) is 0.645. The average Bonchev–Trinajstić information content (AvgIpc) is 2.69. The van der Waals surface area contributed by atoms with Gasteiger partial charge in [0.15, 0.2) is 0 Å². The zero-order chi connectivity index (χ0) is 12.0. The molecule has 1 N–H and O–H groups in total. The minimum absolute atomic E-state index is 0.0708. The Labute approximate surface area is 102 Å². The molecule has 1 aromatic rings. The van der Waals surface area contributed by atoms with Crippen LogP contribution in [0.3, 0.4) is 0 Å². The summed E-state index contributed by atoms with van der Waals surface area (Å²) >= 11 is 1.55. The van der Waals surface area contributed by atoms with E-state index >= 15 is 0 Å².